The Morgan fingerprint density at radius 3 is 2.21 bits per heavy atom. The van der Waals surface area contributed by atoms with Crippen molar-refractivity contribution in [3.63, 3.8) is 0 Å². The van der Waals surface area contributed by atoms with Gasteiger partial charge in [0.2, 0.25) is 5.95 Å². The first-order valence-electron chi connectivity index (χ1n) is 8.86. The number of hydrogen-bond acceptors (Lipinski definition) is 6. The van der Waals surface area contributed by atoms with E-state index in [1.807, 2.05) is 31.2 Å². The van der Waals surface area contributed by atoms with Gasteiger partial charge in [0.25, 0.3) is 0 Å². The number of anilines is 4. The fourth-order valence-corrected chi connectivity index (χ4v) is 2.94. The number of fused-ring (bicyclic) bond motifs is 1. The molecule has 0 saturated heterocycles. The van der Waals surface area contributed by atoms with Gasteiger partial charge in [-0.05, 0) is 61.7 Å². The van der Waals surface area contributed by atoms with E-state index in [-0.39, 0.29) is 0 Å². The number of aryl methyl sites for hydroxylation is 3. The van der Waals surface area contributed by atoms with Crippen LogP contribution in [0, 0.1) is 20.8 Å². The summed E-state index contributed by atoms with van der Waals surface area (Å²) in [6.07, 6.45) is 3.23. The molecule has 2 aromatic heterocycles. The summed E-state index contributed by atoms with van der Waals surface area (Å²) in [5.41, 5.74) is 6.26. The number of aromatic nitrogens is 4. The lowest BCUT2D eigenvalue weighted by Crippen LogP contribution is -2.04. The van der Waals surface area contributed by atoms with E-state index >= 15 is 0 Å². The summed E-state index contributed by atoms with van der Waals surface area (Å²) >= 11 is 6.25. The first-order valence-corrected chi connectivity index (χ1v) is 9.23. The van der Waals surface area contributed by atoms with Crippen LogP contribution < -0.4 is 10.6 Å². The van der Waals surface area contributed by atoms with Gasteiger partial charge in [0.05, 0.1) is 0 Å². The highest BCUT2D eigenvalue weighted by atomic mass is 35.5. The zero-order valence-corrected chi connectivity index (χ0v) is 16.5. The Balaban J connectivity index is 1.74. The van der Waals surface area contributed by atoms with E-state index in [0.29, 0.717) is 28.0 Å². The van der Waals surface area contributed by atoms with E-state index in [9.17, 15) is 0 Å². The van der Waals surface area contributed by atoms with Crippen molar-refractivity contribution in [2.45, 2.75) is 20.8 Å². The minimum Gasteiger partial charge on any atom is -0.338 e. The molecular weight excluding hydrogens is 372 g/mol. The van der Waals surface area contributed by atoms with Crippen LogP contribution in [0.2, 0.25) is 5.02 Å². The molecule has 0 radical (unpaired) electrons. The van der Waals surface area contributed by atoms with E-state index in [1.165, 1.54) is 11.1 Å². The molecule has 0 atom stereocenters. The normalized spacial score (nSPS) is 10.9. The van der Waals surface area contributed by atoms with Gasteiger partial charge in [0.1, 0.15) is 0 Å². The Labute approximate surface area is 168 Å². The maximum atomic E-state index is 6.25. The SMILES string of the molecule is Cc1ccc(Nc2nc(Nc3ccc(C)c(Cl)c3)c3nccnc3n2)cc1C. The molecule has 0 amide bonds. The van der Waals surface area contributed by atoms with E-state index in [2.05, 4.69) is 56.5 Å². The Bertz CT molecular complexity index is 1170. The highest BCUT2D eigenvalue weighted by Gasteiger charge is 2.11. The van der Waals surface area contributed by atoms with Crippen molar-refractivity contribution < 1.29 is 0 Å². The molecular formula is C21H19ClN6. The minimum absolute atomic E-state index is 0.442. The lowest BCUT2D eigenvalue weighted by atomic mass is 10.1. The molecule has 0 aliphatic heterocycles. The van der Waals surface area contributed by atoms with Crippen molar-refractivity contribution in [2.75, 3.05) is 10.6 Å². The summed E-state index contributed by atoms with van der Waals surface area (Å²) in [4.78, 5) is 17.8. The fourth-order valence-electron chi connectivity index (χ4n) is 2.76. The Morgan fingerprint density at radius 1 is 0.750 bits per heavy atom. The fraction of sp³-hybridized carbons (Fsp3) is 0.143. The first kappa shape index (κ1) is 18.1. The zero-order valence-electron chi connectivity index (χ0n) is 15.8. The second-order valence-corrected chi connectivity index (χ2v) is 7.04. The number of rotatable bonds is 4. The van der Waals surface area contributed by atoms with Gasteiger partial charge in [-0.2, -0.15) is 9.97 Å². The van der Waals surface area contributed by atoms with Crippen LogP contribution in [0.5, 0.6) is 0 Å². The maximum Gasteiger partial charge on any atom is 0.231 e. The smallest absolute Gasteiger partial charge is 0.231 e. The quantitative estimate of drug-likeness (QED) is 0.480. The highest BCUT2D eigenvalue weighted by Crippen LogP contribution is 2.27. The highest BCUT2D eigenvalue weighted by molar-refractivity contribution is 6.31. The third-order valence-corrected chi connectivity index (χ3v) is 4.94. The summed E-state index contributed by atoms with van der Waals surface area (Å²) in [6.45, 7) is 6.11. The predicted molar refractivity (Wildman–Crippen MR) is 114 cm³/mol. The van der Waals surface area contributed by atoms with Crippen molar-refractivity contribution in [3.05, 3.63) is 70.5 Å². The predicted octanol–water partition coefficient (Wildman–Crippen LogP) is 5.49. The van der Waals surface area contributed by atoms with Crippen LogP contribution in [0.3, 0.4) is 0 Å². The van der Waals surface area contributed by atoms with Crippen LogP contribution in [0.25, 0.3) is 11.2 Å². The average Bonchev–Trinajstić information content (AvgIpc) is 2.68. The molecule has 0 fully saturated rings. The molecule has 0 aliphatic rings. The molecule has 7 heteroatoms. The topological polar surface area (TPSA) is 75.6 Å². The van der Waals surface area contributed by atoms with E-state index < -0.39 is 0 Å². The summed E-state index contributed by atoms with van der Waals surface area (Å²) in [6, 6.07) is 11.9. The van der Waals surface area contributed by atoms with Crippen molar-refractivity contribution in [1.29, 1.82) is 0 Å². The van der Waals surface area contributed by atoms with Gasteiger partial charge in [0.15, 0.2) is 17.0 Å². The standard InChI is InChI=1S/C21H19ClN6/c1-12-4-6-15(10-14(12)3)26-21-27-19-18(23-8-9-24-19)20(28-21)25-16-7-5-13(2)17(22)11-16/h4-11H,1-3H3,(H2,24,25,26,27,28). The molecule has 0 saturated carbocycles. The number of halogens is 1. The maximum absolute atomic E-state index is 6.25. The minimum atomic E-state index is 0.442. The van der Waals surface area contributed by atoms with Crippen LogP contribution in [0.15, 0.2) is 48.8 Å². The molecule has 0 aliphatic carbocycles. The molecule has 2 heterocycles. The third kappa shape index (κ3) is 3.73. The number of hydrogen-bond donors (Lipinski definition) is 2. The Kier molecular flexibility index (Phi) is 4.79. The van der Waals surface area contributed by atoms with Crippen LogP contribution in [-0.2, 0) is 0 Å². The molecule has 6 nitrogen and oxygen atoms in total. The van der Waals surface area contributed by atoms with Crippen molar-refractivity contribution in [1.82, 2.24) is 19.9 Å². The summed E-state index contributed by atoms with van der Waals surface area (Å²) in [5, 5.41) is 7.22. The molecule has 140 valence electrons. The van der Waals surface area contributed by atoms with E-state index in [4.69, 9.17) is 11.6 Å². The summed E-state index contributed by atoms with van der Waals surface area (Å²) in [5.74, 6) is 1.00. The van der Waals surface area contributed by atoms with Gasteiger partial charge in [-0.1, -0.05) is 23.7 Å². The molecule has 0 spiro atoms. The average molecular weight is 391 g/mol. The Hall–Kier alpha value is -3.25. The van der Waals surface area contributed by atoms with Gasteiger partial charge in [0, 0.05) is 28.8 Å². The second kappa shape index (κ2) is 7.40. The lowest BCUT2D eigenvalue weighted by Gasteiger charge is -2.12. The van der Waals surface area contributed by atoms with Gasteiger partial charge in [-0.15, -0.1) is 0 Å². The Morgan fingerprint density at radius 2 is 1.46 bits per heavy atom. The molecule has 2 N–H and O–H groups in total. The van der Waals surface area contributed by atoms with Gasteiger partial charge < -0.3 is 10.6 Å². The van der Waals surface area contributed by atoms with Crippen molar-refractivity contribution in [3.8, 4) is 0 Å². The monoisotopic (exact) mass is 390 g/mol. The zero-order chi connectivity index (χ0) is 19.7. The summed E-state index contributed by atoms with van der Waals surface area (Å²) < 4.78 is 0. The molecule has 2 aromatic carbocycles. The molecule has 28 heavy (non-hydrogen) atoms. The van der Waals surface area contributed by atoms with Crippen molar-refractivity contribution >= 4 is 45.9 Å². The number of nitrogens with zero attached hydrogens (tertiary/aromatic N) is 4. The molecule has 0 bridgehead atoms. The van der Waals surface area contributed by atoms with Crippen LogP contribution in [0.4, 0.5) is 23.1 Å². The molecule has 4 aromatic rings. The van der Waals surface area contributed by atoms with Crippen molar-refractivity contribution in [2.24, 2.45) is 0 Å². The van der Waals surface area contributed by atoms with Crippen LogP contribution in [0.1, 0.15) is 16.7 Å². The third-order valence-electron chi connectivity index (χ3n) is 4.53. The van der Waals surface area contributed by atoms with E-state index in [0.717, 1.165) is 16.9 Å². The van der Waals surface area contributed by atoms with E-state index in [1.54, 1.807) is 12.4 Å². The lowest BCUT2D eigenvalue weighted by molar-refractivity contribution is 1.15. The van der Waals surface area contributed by atoms with Gasteiger partial charge >= 0.3 is 0 Å². The molecule has 4 rings (SSSR count). The van der Waals surface area contributed by atoms with Crippen LogP contribution >= 0.6 is 11.6 Å². The first-order chi connectivity index (χ1) is 13.5. The summed E-state index contributed by atoms with van der Waals surface area (Å²) in [7, 11) is 0. The number of benzene rings is 2. The van der Waals surface area contributed by atoms with Crippen LogP contribution in [-0.4, -0.2) is 19.9 Å². The second-order valence-electron chi connectivity index (χ2n) is 6.64. The number of nitrogens with one attached hydrogen (secondary N) is 2. The van der Waals surface area contributed by atoms with Gasteiger partial charge in [-0.25, -0.2) is 9.97 Å². The van der Waals surface area contributed by atoms with Gasteiger partial charge in [-0.3, -0.25) is 0 Å². The molecule has 0 unspecified atom stereocenters. The largest absolute Gasteiger partial charge is 0.338 e.